The molecule has 8 nitrogen and oxygen atoms in total. The van der Waals surface area contributed by atoms with E-state index in [1.54, 1.807) is 25.7 Å². The minimum atomic E-state index is -3.97. The highest BCUT2D eigenvalue weighted by atomic mass is 32.2. The van der Waals surface area contributed by atoms with Crippen molar-refractivity contribution in [3.05, 3.63) is 64.5 Å². The van der Waals surface area contributed by atoms with Crippen LogP contribution in [0.1, 0.15) is 43.0 Å². The van der Waals surface area contributed by atoms with Crippen molar-refractivity contribution in [3.8, 4) is 0 Å². The molecule has 0 saturated carbocycles. The van der Waals surface area contributed by atoms with Crippen LogP contribution in [0.2, 0.25) is 0 Å². The van der Waals surface area contributed by atoms with Crippen LogP contribution in [0.3, 0.4) is 0 Å². The summed E-state index contributed by atoms with van der Waals surface area (Å²) in [5, 5.41) is 9.82. The van der Waals surface area contributed by atoms with Crippen LogP contribution in [0.5, 0.6) is 0 Å². The number of carbonyl (C=O) groups is 1. The molecule has 1 unspecified atom stereocenters. The largest absolute Gasteiger partial charge is 0.465 e. The van der Waals surface area contributed by atoms with Gasteiger partial charge < -0.3 is 15.4 Å². The molecule has 0 aliphatic carbocycles. The first-order valence-corrected chi connectivity index (χ1v) is 14.0. The van der Waals surface area contributed by atoms with Crippen LogP contribution in [0, 0.1) is 31.0 Å². The fourth-order valence-corrected chi connectivity index (χ4v) is 4.21. The zero-order chi connectivity index (χ0) is 28.1. The Labute approximate surface area is 224 Å². The van der Waals surface area contributed by atoms with Crippen LogP contribution < -0.4 is 10.2 Å². The molecule has 37 heavy (non-hydrogen) atoms. The van der Waals surface area contributed by atoms with E-state index in [2.05, 4.69) is 6.07 Å². The van der Waals surface area contributed by atoms with Gasteiger partial charge in [0.25, 0.3) is 10.0 Å². The van der Waals surface area contributed by atoms with Crippen molar-refractivity contribution in [1.29, 1.82) is 0 Å². The number of carbonyl (C=O) groups excluding carboxylic acids is 1. The SMILES string of the molecule is Cc1ccc(CC(COC(=O)C(C)(C)C)CN(Cc2ccc(N(O)S(C)(=O)=O)cc2F)C(N)=S)cc1C. The molecule has 0 amide bonds. The van der Waals surface area contributed by atoms with Crippen molar-refractivity contribution in [3.63, 3.8) is 0 Å². The molecule has 0 heterocycles. The molecule has 0 spiro atoms. The summed E-state index contributed by atoms with van der Waals surface area (Å²) in [6, 6.07) is 9.71. The number of anilines is 1. The highest BCUT2D eigenvalue weighted by Gasteiger charge is 2.26. The van der Waals surface area contributed by atoms with Gasteiger partial charge in [-0.25, -0.2) is 12.8 Å². The number of thiocarbonyl (C=S) groups is 1. The van der Waals surface area contributed by atoms with E-state index in [9.17, 15) is 22.8 Å². The zero-order valence-corrected chi connectivity index (χ0v) is 23.7. The van der Waals surface area contributed by atoms with Gasteiger partial charge in [-0.15, -0.1) is 4.47 Å². The van der Waals surface area contributed by atoms with Crippen LogP contribution in [-0.4, -0.2) is 49.0 Å². The standard InChI is InChI=1S/C26H36FN3O5S2/c1-17-7-8-19(11-18(17)2)12-20(16-35-24(31)26(3,4)5)14-29(25(28)36)15-21-9-10-22(13-23(21)27)30(32)37(6,33)34/h7-11,13,20,32H,12,14-16H2,1-6H3,(H2,28,36). The Morgan fingerprint density at radius 2 is 1.81 bits per heavy atom. The third-order valence-electron chi connectivity index (χ3n) is 5.88. The summed E-state index contributed by atoms with van der Waals surface area (Å²) in [5.74, 6) is -1.26. The molecule has 0 aromatic heterocycles. The maximum absolute atomic E-state index is 14.9. The van der Waals surface area contributed by atoms with Crippen molar-refractivity contribution in [2.24, 2.45) is 17.1 Å². The Morgan fingerprint density at radius 3 is 2.32 bits per heavy atom. The molecule has 3 N–H and O–H groups in total. The zero-order valence-electron chi connectivity index (χ0n) is 22.1. The summed E-state index contributed by atoms with van der Waals surface area (Å²) in [7, 11) is -3.97. The Hall–Kier alpha value is -2.76. The van der Waals surface area contributed by atoms with E-state index in [1.807, 2.05) is 26.0 Å². The van der Waals surface area contributed by atoms with Crippen LogP contribution in [0.25, 0.3) is 0 Å². The van der Waals surface area contributed by atoms with E-state index < -0.39 is 21.3 Å². The first-order valence-electron chi connectivity index (χ1n) is 11.7. The second kappa shape index (κ2) is 12.2. The highest BCUT2D eigenvalue weighted by molar-refractivity contribution is 7.91. The molecule has 0 radical (unpaired) electrons. The predicted octanol–water partition coefficient (Wildman–Crippen LogP) is 4.09. The average Bonchev–Trinajstić information content (AvgIpc) is 2.78. The van der Waals surface area contributed by atoms with E-state index in [0.717, 1.165) is 23.4 Å². The van der Waals surface area contributed by atoms with E-state index in [4.69, 9.17) is 22.7 Å². The Kier molecular flexibility index (Phi) is 10.0. The third-order valence-corrected chi connectivity index (χ3v) is 6.98. The lowest BCUT2D eigenvalue weighted by Gasteiger charge is -2.29. The number of nitrogens with two attached hydrogens (primary N) is 1. The Bertz CT molecular complexity index is 1250. The van der Waals surface area contributed by atoms with E-state index >= 15 is 0 Å². The fraction of sp³-hybridized carbons (Fsp3) is 0.462. The van der Waals surface area contributed by atoms with Gasteiger partial charge >= 0.3 is 5.97 Å². The minimum absolute atomic E-state index is 0.00237. The van der Waals surface area contributed by atoms with Crippen LogP contribution in [0.15, 0.2) is 36.4 Å². The number of hydrogen-bond donors (Lipinski definition) is 2. The van der Waals surface area contributed by atoms with Crippen LogP contribution in [-0.2, 0) is 32.5 Å². The van der Waals surface area contributed by atoms with Gasteiger partial charge in [-0.1, -0.05) is 24.3 Å². The minimum Gasteiger partial charge on any atom is -0.465 e. The number of nitrogens with zero attached hydrogens (tertiary/aromatic N) is 2. The topological polar surface area (TPSA) is 113 Å². The molecule has 11 heteroatoms. The van der Waals surface area contributed by atoms with Gasteiger partial charge in [0.2, 0.25) is 0 Å². The number of rotatable bonds is 10. The van der Waals surface area contributed by atoms with Crippen LogP contribution >= 0.6 is 12.2 Å². The highest BCUT2D eigenvalue weighted by Crippen LogP contribution is 2.23. The lowest BCUT2D eigenvalue weighted by atomic mass is 9.95. The van der Waals surface area contributed by atoms with Gasteiger partial charge in [0.15, 0.2) is 5.11 Å². The quantitative estimate of drug-likeness (QED) is 0.257. The average molecular weight is 554 g/mol. The summed E-state index contributed by atoms with van der Waals surface area (Å²) in [6.45, 7) is 9.80. The number of aryl methyl sites for hydroxylation is 2. The summed E-state index contributed by atoms with van der Waals surface area (Å²) >= 11 is 5.24. The fourth-order valence-electron chi connectivity index (χ4n) is 3.57. The number of esters is 1. The normalized spacial score (nSPS) is 12.6. The number of hydrogen-bond acceptors (Lipinski definition) is 6. The Balaban J connectivity index is 2.28. The second-order valence-electron chi connectivity index (χ2n) is 10.3. The molecule has 1 atom stereocenters. The summed E-state index contributed by atoms with van der Waals surface area (Å²) < 4.78 is 43.6. The Morgan fingerprint density at radius 1 is 1.16 bits per heavy atom. The number of halogens is 1. The van der Waals surface area contributed by atoms with Gasteiger partial charge in [0.05, 0.1) is 24.0 Å². The molecule has 0 bridgehead atoms. The predicted molar refractivity (Wildman–Crippen MR) is 146 cm³/mol. The molecular weight excluding hydrogens is 517 g/mol. The van der Waals surface area contributed by atoms with Crippen molar-refractivity contribution >= 4 is 39.0 Å². The third kappa shape index (κ3) is 8.94. The molecule has 0 aliphatic heterocycles. The maximum Gasteiger partial charge on any atom is 0.311 e. The van der Waals surface area contributed by atoms with E-state index in [-0.39, 0.29) is 52.4 Å². The summed E-state index contributed by atoms with van der Waals surface area (Å²) in [5.41, 5.74) is 8.66. The molecule has 0 saturated heterocycles. The lowest BCUT2D eigenvalue weighted by Crippen LogP contribution is -2.41. The van der Waals surface area contributed by atoms with Gasteiger partial charge in [-0.2, -0.15) is 0 Å². The molecule has 2 aromatic rings. The molecule has 0 fully saturated rings. The monoisotopic (exact) mass is 553 g/mol. The van der Waals surface area contributed by atoms with Crippen molar-refractivity contribution in [2.45, 2.75) is 47.6 Å². The van der Waals surface area contributed by atoms with Crippen molar-refractivity contribution in [2.75, 3.05) is 23.9 Å². The van der Waals surface area contributed by atoms with Crippen molar-refractivity contribution < 1.29 is 27.5 Å². The molecule has 204 valence electrons. The molecule has 2 rings (SSSR count). The number of ether oxygens (including phenoxy) is 1. The number of benzene rings is 2. The maximum atomic E-state index is 14.9. The molecule has 2 aromatic carbocycles. The lowest BCUT2D eigenvalue weighted by molar-refractivity contribution is -0.154. The molecular formula is C26H36FN3O5S2. The molecule has 0 aliphatic rings. The van der Waals surface area contributed by atoms with Gasteiger partial charge in [-0.05, 0) is 76.0 Å². The van der Waals surface area contributed by atoms with Gasteiger partial charge in [-0.3, -0.25) is 10.0 Å². The first kappa shape index (κ1) is 30.5. The smallest absolute Gasteiger partial charge is 0.311 e. The van der Waals surface area contributed by atoms with Gasteiger partial charge in [0.1, 0.15) is 5.82 Å². The summed E-state index contributed by atoms with van der Waals surface area (Å²) in [6.07, 6.45) is 1.38. The van der Waals surface area contributed by atoms with Crippen molar-refractivity contribution in [1.82, 2.24) is 4.90 Å². The van der Waals surface area contributed by atoms with Crippen LogP contribution in [0.4, 0.5) is 10.1 Å². The first-order chi connectivity index (χ1) is 17.0. The van der Waals surface area contributed by atoms with E-state index in [1.165, 1.54) is 17.7 Å². The van der Waals surface area contributed by atoms with Gasteiger partial charge in [0, 0.05) is 30.6 Å². The second-order valence-corrected chi connectivity index (χ2v) is 12.6. The number of sulfonamides is 1. The summed E-state index contributed by atoms with van der Waals surface area (Å²) in [4.78, 5) is 14.0. The van der Waals surface area contributed by atoms with E-state index in [0.29, 0.717) is 6.42 Å².